The van der Waals surface area contributed by atoms with Gasteiger partial charge in [0.2, 0.25) is 0 Å². The van der Waals surface area contributed by atoms with Crippen LogP contribution in [0.3, 0.4) is 0 Å². The highest BCUT2D eigenvalue weighted by atomic mass is 16.5. The summed E-state index contributed by atoms with van der Waals surface area (Å²) in [6, 6.07) is 11.8. The van der Waals surface area contributed by atoms with Crippen molar-refractivity contribution in [1.82, 2.24) is 9.88 Å². The maximum absolute atomic E-state index is 11.4. The number of aryl methyl sites for hydroxylation is 1. The minimum atomic E-state index is -0.894. The number of nitrogens with zero attached hydrogens (tertiary/aromatic N) is 1. The molecule has 1 aliphatic heterocycles. The number of carbonyl (C=O) groups is 1. The van der Waals surface area contributed by atoms with Crippen LogP contribution in [0.1, 0.15) is 58.8 Å². The molecule has 1 unspecified atom stereocenters. The number of carboxylic acids is 1. The first kappa shape index (κ1) is 21.6. The molecule has 0 bridgehead atoms. The SMILES string of the molecule is COc1cc(C)c2[nH]ccc2c1CN1CCC(C#CC2CC2)C[C@H]1c1ccc(C(=O)O)cc1. The van der Waals surface area contributed by atoms with Crippen LogP contribution in [-0.2, 0) is 6.54 Å². The first-order chi connectivity index (χ1) is 16.0. The summed E-state index contributed by atoms with van der Waals surface area (Å²) in [6.45, 7) is 3.81. The number of ether oxygens (including phenoxy) is 1. The number of aromatic amines is 1. The molecule has 2 fully saturated rings. The molecule has 1 saturated carbocycles. The fourth-order valence-electron chi connectivity index (χ4n) is 4.98. The number of likely N-dealkylation sites (tertiary alicyclic amines) is 1. The van der Waals surface area contributed by atoms with E-state index < -0.39 is 5.97 Å². The largest absolute Gasteiger partial charge is 0.496 e. The molecule has 0 spiro atoms. The van der Waals surface area contributed by atoms with Crippen LogP contribution < -0.4 is 4.74 Å². The first-order valence-electron chi connectivity index (χ1n) is 11.8. The predicted molar refractivity (Wildman–Crippen MR) is 129 cm³/mol. The second-order valence-corrected chi connectivity index (χ2v) is 9.34. The number of aromatic nitrogens is 1. The summed E-state index contributed by atoms with van der Waals surface area (Å²) in [5.74, 6) is 8.01. The van der Waals surface area contributed by atoms with Gasteiger partial charge >= 0.3 is 5.97 Å². The average molecular weight is 443 g/mol. The van der Waals surface area contributed by atoms with Gasteiger partial charge in [-0.05, 0) is 68.0 Å². The maximum Gasteiger partial charge on any atom is 0.335 e. The molecule has 3 aromatic rings. The zero-order chi connectivity index (χ0) is 22.9. The molecule has 5 nitrogen and oxygen atoms in total. The van der Waals surface area contributed by atoms with Gasteiger partial charge in [-0.3, -0.25) is 4.90 Å². The van der Waals surface area contributed by atoms with E-state index >= 15 is 0 Å². The van der Waals surface area contributed by atoms with Crippen LogP contribution in [0.4, 0.5) is 0 Å². The molecular weight excluding hydrogens is 412 g/mol. The molecular formula is C28H30N2O3. The molecule has 1 aromatic heterocycles. The molecule has 5 heteroatoms. The summed E-state index contributed by atoms with van der Waals surface area (Å²) in [5.41, 5.74) is 4.98. The third-order valence-electron chi connectivity index (χ3n) is 7.02. The van der Waals surface area contributed by atoms with E-state index in [9.17, 15) is 9.90 Å². The number of nitrogens with one attached hydrogen (secondary N) is 1. The van der Waals surface area contributed by atoms with Gasteiger partial charge in [-0.25, -0.2) is 4.79 Å². The predicted octanol–water partition coefficient (Wildman–Crippen LogP) is 5.55. The third kappa shape index (κ3) is 4.49. The van der Waals surface area contributed by atoms with Crippen molar-refractivity contribution < 1.29 is 14.6 Å². The lowest BCUT2D eigenvalue weighted by molar-refractivity contribution is 0.0696. The van der Waals surface area contributed by atoms with E-state index in [-0.39, 0.29) is 6.04 Å². The molecule has 0 radical (unpaired) electrons. The molecule has 33 heavy (non-hydrogen) atoms. The fourth-order valence-corrected chi connectivity index (χ4v) is 4.98. The Morgan fingerprint density at radius 3 is 2.61 bits per heavy atom. The van der Waals surface area contributed by atoms with E-state index in [1.165, 1.54) is 29.4 Å². The number of piperidine rings is 1. The molecule has 2 atom stereocenters. The van der Waals surface area contributed by atoms with Crippen LogP contribution in [0.25, 0.3) is 10.9 Å². The molecule has 2 N–H and O–H groups in total. The molecule has 0 amide bonds. The number of fused-ring (bicyclic) bond motifs is 1. The second kappa shape index (κ2) is 8.96. The van der Waals surface area contributed by atoms with Crippen LogP contribution >= 0.6 is 0 Å². The second-order valence-electron chi connectivity index (χ2n) is 9.34. The van der Waals surface area contributed by atoms with Crippen molar-refractivity contribution in [2.75, 3.05) is 13.7 Å². The van der Waals surface area contributed by atoms with Crippen LogP contribution in [0, 0.1) is 30.6 Å². The molecule has 1 saturated heterocycles. The Bertz CT molecular complexity index is 1230. The summed E-state index contributed by atoms with van der Waals surface area (Å²) >= 11 is 0. The molecule has 170 valence electrons. The topological polar surface area (TPSA) is 65.6 Å². The summed E-state index contributed by atoms with van der Waals surface area (Å²) in [5, 5.41) is 10.5. The van der Waals surface area contributed by atoms with Gasteiger partial charge in [0.15, 0.2) is 0 Å². The van der Waals surface area contributed by atoms with E-state index in [1.54, 1.807) is 19.2 Å². The smallest absolute Gasteiger partial charge is 0.335 e. The minimum Gasteiger partial charge on any atom is -0.496 e. The standard InChI is InChI=1S/C28H30N2O3/c1-18-15-26(33-2)24(23-11-13-29-27(18)23)17-30-14-12-20(6-5-19-3-4-19)16-25(30)21-7-9-22(10-8-21)28(31)32/h7-11,13,15,19-20,25,29H,3-4,12,14,16-17H2,1-2H3,(H,31,32)/t20?,25-/m0/s1. The molecule has 2 heterocycles. The third-order valence-corrected chi connectivity index (χ3v) is 7.02. The van der Waals surface area contributed by atoms with Gasteiger partial charge in [-0.15, -0.1) is 0 Å². The Morgan fingerprint density at radius 2 is 1.91 bits per heavy atom. The zero-order valence-electron chi connectivity index (χ0n) is 19.2. The number of hydrogen-bond donors (Lipinski definition) is 2. The highest BCUT2D eigenvalue weighted by Gasteiger charge is 2.31. The highest BCUT2D eigenvalue weighted by molar-refractivity contribution is 5.88. The summed E-state index contributed by atoms with van der Waals surface area (Å²) in [4.78, 5) is 17.2. The highest BCUT2D eigenvalue weighted by Crippen LogP contribution is 2.39. The van der Waals surface area contributed by atoms with E-state index in [0.29, 0.717) is 17.4 Å². The quantitative estimate of drug-likeness (QED) is 0.509. The van der Waals surface area contributed by atoms with Crippen molar-refractivity contribution in [3.05, 3.63) is 64.8 Å². The number of rotatable bonds is 5. The number of aromatic carboxylic acids is 1. The summed E-state index contributed by atoms with van der Waals surface area (Å²) in [6.07, 6.45) is 6.48. The molecule has 2 aliphatic rings. The normalized spacial score (nSPS) is 20.9. The van der Waals surface area contributed by atoms with E-state index in [0.717, 1.165) is 42.8 Å². The van der Waals surface area contributed by atoms with Crippen LogP contribution in [0.5, 0.6) is 5.75 Å². The lowest BCUT2D eigenvalue weighted by Crippen LogP contribution is -2.36. The molecule has 5 rings (SSSR count). The van der Waals surface area contributed by atoms with Gasteiger partial charge in [-0.1, -0.05) is 24.0 Å². The maximum atomic E-state index is 11.4. The molecule has 1 aliphatic carbocycles. The van der Waals surface area contributed by atoms with Gasteiger partial charge in [0.1, 0.15) is 5.75 Å². The van der Waals surface area contributed by atoms with Crippen molar-refractivity contribution in [1.29, 1.82) is 0 Å². The Hall–Kier alpha value is -3.23. The van der Waals surface area contributed by atoms with Crippen molar-refractivity contribution in [3.8, 4) is 17.6 Å². The monoisotopic (exact) mass is 442 g/mol. The van der Waals surface area contributed by atoms with Crippen molar-refractivity contribution in [3.63, 3.8) is 0 Å². The Kier molecular flexibility index (Phi) is 5.86. The number of benzene rings is 2. The van der Waals surface area contributed by atoms with Crippen molar-refractivity contribution >= 4 is 16.9 Å². The summed E-state index contributed by atoms with van der Waals surface area (Å²) in [7, 11) is 1.73. The minimum absolute atomic E-state index is 0.181. The van der Waals surface area contributed by atoms with Gasteiger partial charge in [-0.2, -0.15) is 0 Å². The van der Waals surface area contributed by atoms with Crippen LogP contribution in [-0.4, -0.2) is 34.6 Å². The first-order valence-corrected chi connectivity index (χ1v) is 11.8. The van der Waals surface area contributed by atoms with E-state index in [4.69, 9.17) is 4.74 Å². The lowest BCUT2D eigenvalue weighted by atomic mass is 9.86. The van der Waals surface area contributed by atoms with Gasteiger partial charge in [0, 0.05) is 53.6 Å². The average Bonchev–Trinajstić information content (AvgIpc) is 3.53. The Morgan fingerprint density at radius 1 is 1.15 bits per heavy atom. The lowest BCUT2D eigenvalue weighted by Gasteiger charge is -2.39. The zero-order valence-corrected chi connectivity index (χ0v) is 19.2. The van der Waals surface area contributed by atoms with Gasteiger partial charge in [0.25, 0.3) is 0 Å². The van der Waals surface area contributed by atoms with E-state index in [1.807, 2.05) is 18.3 Å². The Labute approximate surface area is 194 Å². The fraction of sp³-hybridized carbons (Fsp3) is 0.393. The summed E-state index contributed by atoms with van der Waals surface area (Å²) < 4.78 is 5.79. The van der Waals surface area contributed by atoms with Crippen LogP contribution in [0.2, 0.25) is 0 Å². The molecule has 2 aromatic carbocycles. The van der Waals surface area contributed by atoms with Crippen LogP contribution in [0.15, 0.2) is 42.6 Å². The van der Waals surface area contributed by atoms with Crippen molar-refractivity contribution in [2.24, 2.45) is 11.8 Å². The van der Waals surface area contributed by atoms with Crippen molar-refractivity contribution in [2.45, 2.75) is 45.2 Å². The number of methoxy groups -OCH3 is 1. The van der Waals surface area contributed by atoms with Gasteiger partial charge in [0.05, 0.1) is 12.7 Å². The number of hydrogen-bond acceptors (Lipinski definition) is 3. The number of H-pyrrole nitrogens is 1. The Balaban J connectivity index is 1.48. The number of carboxylic acid groups (broad SMARTS) is 1. The van der Waals surface area contributed by atoms with Gasteiger partial charge < -0.3 is 14.8 Å². The van der Waals surface area contributed by atoms with E-state index in [2.05, 4.69) is 40.8 Å².